The average Bonchev–Trinajstić information content (AvgIpc) is 2.62. The molecule has 2 aliphatic carbocycles. The van der Waals surface area contributed by atoms with Gasteiger partial charge in [0.2, 0.25) is 0 Å². The van der Waals surface area contributed by atoms with Gasteiger partial charge in [0.25, 0.3) is 0 Å². The van der Waals surface area contributed by atoms with E-state index in [2.05, 4.69) is 26.0 Å². The largest absolute Gasteiger partial charge is 0.0654 e. The minimum atomic E-state index is 1.35. The van der Waals surface area contributed by atoms with Gasteiger partial charge in [0, 0.05) is 0 Å². The Morgan fingerprint density at radius 3 is 1.19 bits per heavy atom. The zero-order valence-corrected chi connectivity index (χ0v) is 17.9. The number of fused-ring (bicyclic) bond motifs is 1. The molecular formula is C26H44. The minimum Gasteiger partial charge on any atom is -0.0654 e. The summed E-state index contributed by atoms with van der Waals surface area (Å²) in [6.07, 6.45) is 30.2. The second-order valence-electron chi connectivity index (χ2n) is 8.61. The third kappa shape index (κ3) is 7.45. The Labute approximate surface area is 164 Å². The molecule has 0 saturated heterocycles. The molecule has 0 amide bonds. The molecule has 0 atom stereocenters. The lowest BCUT2D eigenvalue weighted by molar-refractivity contribution is 0.576. The summed E-state index contributed by atoms with van der Waals surface area (Å²) in [7, 11) is 0. The van der Waals surface area contributed by atoms with Gasteiger partial charge in [-0.3, -0.25) is 0 Å². The molecule has 0 radical (unpaired) electrons. The van der Waals surface area contributed by atoms with Gasteiger partial charge >= 0.3 is 0 Å². The van der Waals surface area contributed by atoms with E-state index in [1.165, 1.54) is 116 Å². The molecule has 0 heteroatoms. The summed E-state index contributed by atoms with van der Waals surface area (Å²) in [6.45, 7) is 4.60. The maximum atomic E-state index is 2.40. The quantitative estimate of drug-likeness (QED) is 0.242. The average molecular weight is 357 g/mol. The highest BCUT2D eigenvalue weighted by Gasteiger charge is 2.22. The highest BCUT2D eigenvalue weighted by Crippen LogP contribution is 2.41. The lowest BCUT2D eigenvalue weighted by Gasteiger charge is -2.28. The number of hydrogen-bond donors (Lipinski definition) is 0. The van der Waals surface area contributed by atoms with E-state index in [9.17, 15) is 0 Å². The fourth-order valence-corrected chi connectivity index (χ4v) is 4.55. The number of rotatable bonds is 16. The van der Waals surface area contributed by atoms with Crippen molar-refractivity contribution in [3.05, 3.63) is 34.4 Å². The van der Waals surface area contributed by atoms with Crippen molar-refractivity contribution in [2.45, 2.75) is 129 Å². The molecule has 148 valence electrons. The molecule has 0 nitrogen and oxygen atoms in total. The van der Waals surface area contributed by atoms with Gasteiger partial charge in [-0.05, 0) is 49.7 Å². The van der Waals surface area contributed by atoms with Gasteiger partial charge in [0.05, 0.1) is 0 Å². The highest BCUT2D eigenvalue weighted by molar-refractivity contribution is 5.63. The van der Waals surface area contributed by atoms with Crippen LogP contribution < -0.4 is 0 Å². The van der Waals surface area contributed by atoms with E-state index in [1.807, 2.05) is 0 Å². The summed E-state index contributed by atoms with van der Waals surface area (Å²) in [4.78, 5) is 0. The zero-order chi connectivity index (χ0) is 18.5. The Hall–Kier alpha value is -0.780. The maximum absolute atomic E-state index is 2.40. The van der Waals surface area contributed by atoms with E-state index in [1.54, 1.807) is 22.3 Å². The summed E-state index contributed by atoms with van der Waals surface area (Å²) in [5.74, 6) is 0. The first kappa shape index (κ1) is 21.5. The Morgan fingerprint density at radius 1 is 0.500 bits per heavy atom. The van der Waals surface area contributed by atoms with Crippen molar-refractivity contribution >= 4 is 0 Å². The van der Waals surface area contributed by atoms with Gasteiger partial charge < -0.3 is 0 Å². The summed E-state index contributed by atoms with van der Waals surface area (Å²) in [6, 6.07) is 0. The predicted molar refractivity (Wildman–Crippen MR) is 118 cm³/mol. The molecule has 0 aromatic carbocycles. The molecule has 2 aliphatic rings. The van der Waals surface area contributed by atoms with Crippen LogP contribution in [0.25, 0.3) is 0 Å². The van der Waals surface area contributed by atoms with Crippen molar-refractivity contribution in [3.8, 4) is 0 Å². The molecule has 0 aromatic rings. The van der Waals surface area contributed by atoms with Gasteiger partial charge in [-0.1, -0.05) is 114 Å². The van der Waals surface area contributed by atoms with Crippen LogP contribution in [0.2, 0.25) is 0 Å². The van der Waals surface area contributed by atoms with Gasteiger partial charge in [-0.2, -0.15) is 0 Å². The molecule has 0 unspecified atom stereocenters. The zero-order valence-electron chi connectivity index (χ0n) is 17.9. The van der Waals surface area contributed by atoms with Crippen LogP contribution in [-0.4, -0.2) is 0 Å². The Morgan fingerprint density at radius 2 is 0.846 bits per heavy atom. The molecule has 0 spiro atoms. The van der Waals surface area contributed by atoms with E-state index in [0.717, 1.165) is 0 Å². The van der Waals surface area contributed by atoms with Crippen molar-refractivity contribution < 1.29 is 0 Å². The van der Waals surface area contributed by atoms with Crippen molar-refractivity contribution in [1.29, 1.82) is 0 Å². The lowest BCUT2D eigenvalue weighted by Crippen LogP contribution is -2.09. The molecule has 2 rings (SSSR count). The Balaban J connectivity index is 1.62. The third-order valence-corrected chi connectivity index (χ3v) is 6.36. The number of hydrogen-bond acceptors (Lipinski definition) is 0. The molecule has 0 saturated carbocycles. The SMILES string of the molecule is CCCCCCCCCC1=C2C=CC2=C(CCCCCCCCC)CC1. The van der Waals surface area contributed by atoms with Crippen LogP contribution in [0, 0.1) is 0 Å². The standard InChI is InChI=1S/C26H44/c1-3-5-7-9-11-13-15-17-23-19-20-24(26-22-21-25(23)26)18-16-14-12-10-8-6-4-2/h21-22H,3-20H2,1-2H3. The van der Waals surface area contributed by atoms with E-state index in [0.29, 0.717) is 0 Å². The first-order valence-corrected chi connectivity index (χ1v) is 12.0. The first-order valence-electron chi connectivity index (χ1n) is 12.0. The van der Waals surface area contributed by atoms with Gasteiger partial charge in [-0.15, -0.1) is 0 Å². The molecule has 0 heterocycles. The summed E-state index contributed by atoms with van der Waals surface area (Å²) in [5, 5.41) is 0. The van der Waals surface area contributed by atoms with Crippen LogP contribution in [0.15, 0.2) is 34.4 Å². The number of unbranched alkanes of at least 4 members (excludes halogenated alkanes) is 12. The lowest BCUT2D eigenvalue weighted by atomic mass is 9.76. The molecular weight excluding hydrogens is 312 g/mol. The normalized spacial score (nSPS) is 16.2. The smallest absolute Gasteiger partial charge is 0.0192 e. The minimum absolute atomic E-state index is 1.35. The fourth-order valence-electron chi connectivity index (χ4n) is 4.55. The van der Waals surface area contributed by atoms with E-state index in [-0.39, 0.29) is 0 Å². The van der Waals surface area contributed by atoms with Crippen LogP contribution in [0.4, 0.5) is 0 Å². The summed E-state index contributed by atoms with van der Waals surface area (Å²) >= 11 is 0. The molecule has 0 fully saturated rings. The van der Waals surface area contributed by atoms with Crippen LogP contribution in [0.5, 0.6) is 0 Å². The van der Waals surface area contributed by atoms with Gasteiger partial charge in [-0.25, -0.2) is 0 Å². The fraction of sp³-hybridized carbons (Fsp3) is 0.769. The monoisotopic (exact) mass is 356 g/mol. The topological polar surface area (TPSA) is 0 Å². The van der Waals surface area contributed by atoms with Crippen LogP contribution in [0.1, 0.15) is 129 Å². The highest BCUT2D eigenvalue weighted by atomic mass is 14.3. The van der Waals surface area contributed by atoms with E-state index < -0.39 is 0 Å². The predicted octanol–water partition coefficient (Wildman–Crippen LogP) is 9.22. The third-order valence-electron chi connectivity index (χ3n) is 6.36. The molecule has 0 aliphatic heterocycles. The van der Waals surface area contributed by atoms with Gasteiger partial charge in [0.1, 0.15) is 0 Å². The Kier molecular flexibility index (Phi) is 11.1. The van der Waals surface area contributed by atoms with Crippen molar-refractivity contribution in [2.24, 2.45) is 0 Å². The molecule has 0 aromatic heterocycles. The van der Waals surface area contributed by atoms with Crippen LogP contribution in [0.3, 0.4) is 0 Å². The molecule has 0 N–H and O–H groups in total. The van der Waals surface area contributed by atoms with Crippen LogP contribution in [-0.2, 0) is 0 Å². The molecule has 0 bridgehead atoms. The summed E-state index contributed by atoms with van der Waals surface area (Å²) < 4.78 is 0. The van der Waals surface area contributed by atoms with E-state index >= 15 is 0 Å². The molecule has 26 heavy (non-hydrogen) atoms. The van der Waals surface area contributed by atoms with Crippen molar-refractivity contribution in [2.75, 3.05) is 0 Å². The van der Waals surface area contributed by atoms with Gasteiger partial charge in [0.15, 0.2) is 0 Å². The second kappa shape index (κ2) is 13.4. The first-order chi connectivity index (χ1) is 12.9. The second-order valence-corrected chi connectivity index (χ2v) is 8.61. The maximum Gasteiger partial charge on any atom is -0.0192 e. The van der Waals surface area contributed by atoms with Crippen molar-refractivity contribution in [3.63, 3.8) is 0 Å². The summed E-state index contributed by atoms with van der Waals surface area (Å²) in [5.41, 5.74) is 6.86. The Bertz CT molecular complexity index is 430. The van der Waals surface area contributed by atoms with E-state index in [4.69, 9.17) is 0 Å². The number of allylic oxidation sites excluding steroid dienone is 6. The van der Waals surface area contributed by atoms with Crippen molar-refractivity contribution in [1.82, 2.24) is 0 Å². The van der Waals surface area contributed by atoms with Crippen LogP contribution >= 0.6 is 0 Å².